The van der Waals surface area contributed by atoms with Crippen LogP contribution in [0, 0.1) is 0 Å². The van der Waals surface area contributed by atoms with E-state index in [1.54, 1.807) is 11.3 Å². The van der Waals surface area contributed by atoms with Gasteiger partial charge in [0, 0.05) is 35.4 Å². The Kier molecular flexibility index (Phi) is 4.51. The smallest absolute Gasteiger partial charge is 0.317 e. The number of nitrogens with one attached hydrogen (secondary N) is 1. The van der Waals surface area contributed by atoms with Crippen LogP contribution in [-0.4, -0.2) is 40.0 Å². The van der Waals surface area contributed by atoms with Gasteiger partial charge in [-0.05, 0) is 19.3 Å². The predicted molar refractivity (Wildman–Crippen MR) is 84.4 cm³/mol. The number of aromatic nitrogens is 1. The molecular formula is C14H21N3OS2. The predicted octanol–water partition coefficient (Wildman–Crippen LogP) is 3.06. The standard InChI is InChI=1S/C14H21N3OS2/c1-2-12-8-17(5-6-19-12)14(18)15-7-11-9-20-13(16-11)10-3-4-10/h9-10,12H,2-8H2,1H3,(H,15,18)/t12-/m0/s1. The minimum absolute atomic E-state index is 0.0599. The monoisotopic (exact) mass is 311 g/mol. The van der Waals surface area contributed by atoms with Gasteiger partial charge in [-0.15, -0.1) is 11.3 Å². The maximum absolute atomic E-state index is 12.2. The maximum Gasteiger partial charge on any atom is 0.317 e. The molecule has 1 aromatic heterocycles. The number of thiazole rings is 1. The van der Waals surface area contributed by atoms with Gasteiger partial charge in [0.25, 0.3) is 0 Å². The number of rotatable bonds is 4. The third-order valence-electron chi connectivity index (χ3n) is 3.80. The van der Waals surface area contributed by atoms with Gasteiger partial charge < -0.3 is 10.2 Å². The molecule has 0 aromatic carbocycles. The Morgan fingerprint density at radius 2 is 2.40 bits per heavy atom. The van der Waals surface area contributed by atoms with E-state index in [2.05, 4.69) is 22.6 Å². The number of carbonyl (C=O) groups is 1. The number of amides is 2. The van der Waals surface area contributed by atoms with E-state index in [0.717, 1.165) is 31.0 Å². The van der Waals surface area contributed by atoms with Crippen molar-refractivity contribution in [3.63, 3.8) is 0 Å². The number of carbonyl (C=O) groups excluding carboxylic acids is 1. The number of hydrogen-bond acceptors (Lipinski definition) is 4. The SMILES string of the molecule is CC[C@H]1CN(C(=O)NCc2csc(C3CC3)n2)CCS1. The summed E-state index contributed by atoms with van der Waals surface area (Å²) in [7, 11) is 0. The van der Waals surface area contributed by atoms with E-state index in [9.17, 15) is 4.79 Å². The number of urea groups is 1. The molecule has 1 atom stereocenters. The normalized spacial score (nSPS) is 22.9. The molecule has 1 saturated carbocycles. The fraction of sp³-hybridized carbons (Fsp3) is 0.714. The first-order valence-electron chi connectivity index (χ1n) is 7.35. The Hall–Kier alpha value is -0.750. The van der Waals surface area contributed by atoms with E-state index in [0.29, 0.717) is 17.7 Å². The van der Waals surface area contributed by atoms with Crippen LogP contribution in [0.15, 0.2) is 5.38 Å². The summed E-state index contributed by atoms with van der Waals surface area (Å²) in [6, 6.07) is 0.0599. The fourth-order valence-corrected chi connectivity index (χ4v) is 4.52. The Labute approximate surface area is 128 Å². The molecule has 1 aliphatic carbocycles. The van der Waals surface area contributed by atoms with Gasteiger partial charge in [-0.2, -0.15) is 11.8 Å². The van der Waals surface area contributed by atoms with Crippen LogP contribution in [0.4, 0.5) is 4.79 Å². The molecule has 1 saturated heterocycles. The lowest BCUT2D eigenvalue weighted by Crippen LogP contribution is -2.46. The Balaban J connectivity index is 1.48. The quantitative estimate of drug-likeness (QED) is 0.929. The Morgan fingerprint density at radius 1 is 1.55 bits per heavy atom. The average molecular weight is 311 g/mol. The van der Waals surface area contributed by atoms with Gasteiger partial charge in [0.1, 0.15) is 0 Å². The molecule has 0 unspecified atom stereocenters. The van der Waals surface area contributed by atoms with Crippen molar-refractivity contribution in [2.24, 2.45) is 0 Å². The van der Waals surface area contributed by atoms with Crippen LogP contribution < -0.4 is 5.32 Å². The first-order valence-corrected chi connectivity index (χ1v) is 9.27. The summed E-state index contributed by atoms with van der Waals surface area (Å²) in [6.45, 7) is 4.48. The van der Waals surface area contributed by atoms with Crippen LogP contribution in [0.2, 0.25) is 0 Å². The molecule has 2 fully saturated rings. The third kappa shape index (κ3) is 3.47. The molecule has 1 aromatic rings. The first-order chi connectivity index (χ1) is 9.76. The summed E-state index contributed by atoms with van der Waals surface area (Å²) in [5.74, 6) is 1.75. The van der Waals surface area contributed by atoms with Crippen molar-refractivity contribution in [1.29, 1.82) is 0 Å². The topological polar surface area (TPSA) is 45.2 Å². The molecule has 2 amide bonds. The van der Waals surface area contributed by atoms with E-state index < -0.39 is 0 Å². The van der Waals surface area contributed by atoms with E-state index in [-0.39, 0.29) is 6.03 Å². The summed E-state index contributed by atoms with van der Waals surface area (Å²) in [6.07, 6.45) is 3.69. The molecule has 2 heterocycles. The van der Waals surface area contributed by atoms with Crippen molar-refractivity contribution in [3.05, 3.63) is 16.1 Å². The van der Waals surface area contributed by atoms with E-state index in [4.69, 9.17) is 0 Å². The van der Waals surface area contributed by atoms with Crippen molar-refractivity contribution in [3.8, 4) is 0 Å². The summed E-state index contributed by atoms with van der Waals surface area (Å²) in [4.78, 5) is 18.7. The molecule has 110 valence electrons. The Bertz CT molecular complexity index is 473. The second kappa shape index (κ2) is 6.35. The number of hydrogen-bond donors (Lipinski definition) is 1. The van der Waals surface area contributed by atoms with Crippen LogP contribution in [-0.2, 0) is 6.54 Å². The van der Waals surface area contributed by atoms with Gasteiger partial charge in [0.05, 0.1) is 17.2 Å². The van der Waals surface area contributed by atoms with Crippen molar-refractivity contribution >= 4 is 29.1 Å². The van der Waals surface area contributed by atoms with E-state index >= 15 is 0 Å². The van der Waals surface area contributed by atoms with Crippen molar-refractivity contribution < 1.29 is 4.79 Å². The van der Waals surface area contributed by atoms with Gasteiger partial charge in [-0.3, -0.25) is 0 Å². The van der Waals surface area contributed by atoms with Gasteiger partial charge in [0.15, 0.2) is 0 Å². The van der Waals surface area contributed by atoms with Crippen LogP contribution in [0.25, 0.3) is 0 Å². The Morgan fingerprint density at radius 3 is 3.15 bits per heavy atom. The van der Waals surface area contributed by atoms with Crippen molar-refractivity contribution in [2.45, 2.75) is 43.9 Å². The lowest BCUT2D eigenvalue weighted by molar-refractivity contribution is 0.198. The molecule has 3 rings (SSSR count). The average Bonchev–Trinajstić information content (AvgIpc) is 3.24. The second-order valence-corrected chi connectivity index (χ2v) is 7.76. The van der Waals surface area contributed by atoms with Gasteiger partial charge in [0.2, 0.25) is 0 Å². The minimum atomic E-state index is 0.0599. The summed E-state index contributed by atoms with van der Waals surface area (Å²) in [5, 5.41) is 6.92. The minimum Gasteiger partial charge on any atom is -0.332 e. The zero-order valence-corrected chi connectivity index (χ0v) is 13.4. The molecular weight excluding hydrogens is 290 g/mol. The van der Waals surface area contributed by atoms with Crippen LogP contribution in [0.1, 0.15) is 42.8 Å². The molecule has 4 nitrogen and oxygen atoms in total. The first kappa shape index (κ1) is 14.2. The summed E-state index contributed by atoms with van der Waals surface area (Å²) in [5.41, 5.74) is 1.00. The molecule has 6 heteroatoms. The van der Waals surface area contributed by atoms with E-state index in [1.807, 2.05) is 16.7 Å². The molecule has 2 aliphatic rings. The third-order valence-corrected chi connectivity index (χ3v) is 6.23. The molecule has 1 aliphatic heterocycles. The highest BCUT2D eigenvalue weighted by molar-refractivity contribution is 8.00. The number of thioether (sulfide) groups is 1. The molecule has 20 heavy (non-hydrogen) atoms. The fourth-order valence-electron chi connectivity index (χ4n) is 2.35. The molecule has 1 N–H and O–H groups in total. The highest BCUT2D eigenvalue weighted by Crippen LogP contribution is 2.41. The van der Waals surface area contributed by atoms with Gasteiger partial charge in [-0.1, -0.05) is 6.92 Å². The second-order valence-electron chi connectivity index (χ2n) is 5.46. The zero-order chi connectivity index (χ0) is 13.9. The van der Waals surface area contributed by atoms with Crippen LogP contribution >= 0.6 is 23.1 Å². The van der Waals surface area contributed by atoms with E-state index in [1.165, 1.54) is 17.8 Å². The molecule has 0 spiro atoms. The highest BCUT2D eigenvalue weighted by Gasteiger charge is 2.27. The van der Waals surface area contributed by atoms with Gasteiger partial charge in [-0.25, -0.2) is 9.78 Å². The highest BCUT2D eigenvalue weighted by atomic mass is 32.2. The molecule has 0 radical (unpaired) electrons. The number of nitrogens with zero attached hydrogens (tertiary/aromatic N) is 2. The van der Waals surface area contributed by atoms with Crippen molar-refractivity contribution in [2.75, 3.05) is 18.8 Å². The van der Waals surface area contributed by atoms with Gasteiger partial charge >= 0.3 is 6.03 Å². The lowest BCUT2D eigenvalue weighted by Gasteiger charge is -2.31. The largest absolute Gasteiger partial charge is 0.332 e. The maximum atomic E-state index is 12.2. The van der Waals surface area contributed by atoms with Crippen LogP contribution in [0.5, 0.6) is 0 Å². The lowest BCUT2D eigenvalue weighted by atomic mass is 10.3. The summed E-state index contributed by atoms with van der Waals surface area (Å²) < 4.78 is 0. The summed E-state index contributed by atoms with van der Waals surface area (Å²) >= 11 is 3.71. The van der Waals surface area contributed by atoms with Crippen LogP contribution in [0.3, 0.4) is 0 Å². The molecule has 0 bridgehead atoms. The van der Waals surface area contributed by atoms with Crippen molar-refractivity contribution in [1.82, 2.24) is 15.2 Å². The zero-order valence-electron chi connectivity index (χ0n) is 11.8.